The monoisotopic (exact) mass is 306 g/mol. The second-order valence-corrected chi connectivity index (χ2v) is 12.1. The zero-order chi connectivity index (χ0) is 15.7. The molecule has 0 aromatic carbocycles. The van der Waals surface area contributed by atoms with Crippen LogP contribution in [0.4, 0.5) is 5.82 Å². The number of hydrogen-bond acceptors (Lipinski definition) is 3. The number of pyridine rings is 1. The van der Waals surface area contributed by atoms with E-state index >= 15 is 0 Å². The smallest absolute Gasteiger partial charge is 0.228 e. The van der Waals surface area contributed by atoms with Gasteiger partial charge in [-0.05, 0) is 43.1 Å². The van der Waals surface area contributed by atoms with Crippen LogP contribution in [0.5, 0.6) is 0 Å². The van der Waals surface area contributed by atoms with Gasteiger partial charge in [0.1, 0.15) is 5.82 Å². The van der Waals surface area contributed by atoms with E-state index in [1.807, 2.05) is 18.2 Å². The van der Waals surface area contributed by atoms with Crippen molar-refractivity contribution in [3.63, 3.8) is 0 Å². The predicted molar refractivity (Wildman–Crippen MR) is 87.6 cm³/mol. The zero-order valence-electron chi connectivity index (χ0n) is 13.7. The first-order valence-corrected chi connectivity index (χ1v) is 10.5. The number of carbonyl (C=O) groups excluding carboxylic acids is 1. The Kier molecular flexibility index (Phi) is 4.53. The lowest BCUT2D eigenvalue weighted by Crippen LogP contribution is -2.40. The number of anilines is 1. The fourth-order valence-electron chi connectivity index (χ4n) is 1.67. The van der Waals surface area contributed by atoms with E-state index in [1.54, 1.807) is 0 Å². The average molecular weight is 306 g/mol. The fraction of sp³-hybridized carbons (Fsp3) is 0.625. The molecule has 1 fully saturated rings. The van der Waals surface area contributed by atoms with Crippen molar-refractivity contribution in [2.45, 2.75) is 58.4 Å². The Balaban J connectivity index is 1.96. The molecular weight excluding hydrogens is 280 g/mol. The van der Waals surface area contributed by atoms with Gasteiger partial charge < -0.3 is 9.74 Å². The van der Waals surface area contributed by atoms with E-state index in [4.69, 9.17) is 4.43 Å². The topological polar surface area (TPSA) is 51.2 Å². The first-order chi connectivity index (χ1) is 9.69. The maximum atomic E-state index is 11.8. The van der Waals surface area contributed by atoms with Gasteiger partial charge in [0.15, 0.2) is 8.32 Å². The molecule has 5 heteroatoms. The van der Waals surface area contributed by atoms with Gasteiger partial charge in [0.25, 0.3) is 0 Å². The van der Waals surface area contributed by atoms with Crippen LogP contribution in [0.25, 0.3) is 0 Å². The van der Waals surface area contributed by atoms with E-state index < -0.39 is 8.32 Å². The first-order valence-electron chi connectivity index (χ1n) is 7.60. The summed E-state index contributed by atoms with van der Waals surface area (Å²) in [6, 6.07) is 5.69. The molecule has 2 rings (SSSR count). The molecule has 0 radical (unpaired) electrons. The molecule has 1 aliphatic carbocycles. The molecule has 1 N–H and O–H groups in total. The van der Waals surface area contributed by atoms with Crippen LogP contribution >= 0.6 is 0 Å². The summed E-state index contributed by atoms with van der Waals surface area (Å²) in [5, 5.41) is 3.06. The summed E-state index contributed by atoms with van der Waals surface area (Å²) >= 11 is 0. The van der Waals surface area contributed by atoms with Gasteiger partial charge in [0.2, 0.25) is 5.91 Å². The van der Waals surface area contributed by atoms with Crippen molar-refractivity contribution < 1.29 is 9.22 Å². The Morgan fingerprint density at radius 3 is 2.62 bits per heavy atom. The molecule has 0 aliphatic heterocycles. The van der Waals surface area contributed by atoms with Gasteiger partial charge >= 0.3 is 0 Å². The molecule has 1 saturated carbocycles. The molecule has 1 amide bonds. The molecular formula is C16H26N2O2Si. The van der Waals surface area contributed by atoms with Crippen molar-refractivity contribution in [3.8, 4) is 0 Å². The molecule has 1 heterocycles. The largest absolute Gasteiger partial charge is 0.411 e. The van der Waals surface area contributed by atoms with Crippen molar-refractivity contribution in [3.05, 3.63) is 23.9 Å². The minimum absolute atomic E-state index is 0.0879. The molecule has 0 unspecified atom stereocenters. The zero-order valence-corrected chi connectivity index (χ0v) is 14.7. The van der Waals surface area contributed by atoms with Crippen LogP contribution in [0.1, 0.15) is 39.3 Å². The fourth-order valence-corrected chi connectivity index (χ4v) is 2.62. The van der Waals surface area contributed by atoms with E-state index in [0.717, 1.165) is 18.5 Å². The van der Waals surface area contributed by atoms with Gasteiger partial charge in [0, 0.05) is 5.92 Å². The van der Waals surface area contributed by atoms with Gasteiger partial charge in [-0.1, -0.05) is 26.8 Å². The van der Waals surface area contributed by atoms with Crippen molar-refractivity contribution in [1.29, 1.82) is 0 Å². The Morgan fingerprint density at radius 2 is 2.05 bits per heavy atom. The Labute approximate surface area is 128 Å². The van der Waals surface area contributed by atoms with Crippen LogP contribution in [-0.2, 0) is 15.8 Å². The summed E-state index contributed by atoms with van der Waals surface area (Å²) in [7, 11) is -1.77. The molecule has 4 nitrogen and oxygen atoms in total. The van der Waals surface area contributed by atoms with Gasteiger partial charge in [-0.3, -0.25) is 4.79 Å². The maximum absolute atomic E-state index is 11.8. The molecule has 0 saturated heterocycles. The van der Waals surface area contributed by atoms with Gasteiger partial charge in [-0.15, -0.1) is 0 Å². The molecule has 1 aliphatic rings. The lowest BCUT2D eigenvalue weighted by atomic mass is 10.2. The molecule has 0 spiro atoms. The number of nitrogens with one attached hydrogen (secondary N) is 1. The molecule has 1 aromatic rings. The summed E-state index contributed by atoms with van der Waals surface area (Å²) in [6.07, 6.45) is 2.00. The number of carbonyl (C=O) groups is 1. The Bertz CT molecular complexity index is 519. The van der Waals surface area contributed by atoms with E-state index in [9.17, 15) is 4.79 Å². The number of nitrogens with zero attached hydrogens (tertiary/aromatic N) is 1. The quantitative estimate of drug-likeness (QED) is 0.838. The lowest BCUT2D eigenvalue weighted by Gasteiger charge is -2.36. The number of aromatic nitrogens is 1. The average Bonchev–Trinajstić information content (AvgIpc) is 3.20. The molecule has 116 valence electrons. The van der Waals surface area contributed by atoms with Crippen molar-refractivity contribution in [2.75, 3.05) is 5.32 Å². The SMILES string of the molecule is CC(C)(C)[Si](C)(C)OCc1cccc(NC(=O)C2CC2)n1. The first kappa shape index (κ1) is 16.2. The van der Waals surface area contributed by atoms with E-state index in [-0.39, 0.29) is 16.9 Å². The third-order valence-electron chi connectivity index (χ3n) is 4.39. The van der Waals surface area contributed by atoms with Crippen LogP contribution in [0, 0.1) is 5.92 Å². The number of amides is 1. The highest BCUT2D eigenvalue weighted by atomic mass is 28.4. The van der Waals surface area contributed by atoms with Crippen molar-refractivity contribution in [1.82, 2.24) is 4.98 Å². The third kappa shape index (κ3) is 4.38. The van der Waals surface area contributed by atoms with Crippen LogP contribution in [0.2, 0.25) is 18.1 Å². The van der Waals surface area contributed by atoms with Gasteiger partial charge in [-0.2, -0.15) is 0 Å². The van der Waals surface area contributed by atoms with Crippen LogP contribution in [0.15, 0.2) is 18.2 Å². The summed E-state index contributed by atoms with van der Waals surface area (Å²) < 4.78 is 6.16. The molecule has 1 aromatic heterocycles. The lowest BCUT2D eigenvalue weighted by molar-refractivity contribution is -0.117. The van der Waals surface area contributed by atoms with Crippen molar-refractivity contribution >= 4 is 20.0 Å². The van der Waals surface area contributed by atoms with E-state index in [1.165, 1.54) is 0 Å². The highest BCUT2D eigenvalue weighted by Gasteiger charge is 2.37. The summed E-state index contributed by atoms with van der Waals surface area (Å²) in [6.45, 7) is 11.6. The van der Waals surface area contributed by atoms with Crippen LogP contribution in [0.3, 0.4) is 0 Å². The normalized spacial score (nSPS) is 15.9. The van der Waals surface area contributed by atoms with Gasteiger partial charge in [-0.25, -0.2) is 4.98 Å². The highest BCUT2D eigenvalue weighted by Crippen LogP contribution is 2.37. The molecule has 21 heavy (non-hydrogen) atoms. The Morgan fingerprint density at radius 1 is 1.38 bits per heavy atom. The summed E-state index contributed by atoms with van der Waals surface area (Å²) in [5.41, 5.74) is 0.869. The second kappa shape index (κ2) is 5.89. The highest BCUT2D eigenvalue weighted by molar-refractivity contribution is 6.74. The standard InChI is InChI=1S/C16H26N2O2Si/c1-16(2,3)21(4,5)20-11-13-7-6-8-14(17-13)18-15(19)12-9-10-12/h6-8,12H,9-11H2,1-5H3,(H,17,18,19). The van der Waals surface area contributed by atoms with Gasteiger partial charge in [0.05, 0.1) is 12.3 Å². The summed E-state index contributed by atoms with van der Waals surface area (Å²) in [5.74, 6) is 0.909. The second-order valence-electron chi connectivity index (χ2n) is 7.33. The maximum Gasteiger partial charge on any atom is 0.228 e. The number of rotatable bonds is 5. The minimum atomic E-state index is -1.77. The van der Waals surface area contributed by atoms with Crippen LogP contribution in [-0.4, -0.2) is 19.2 Å². The van der Waals surface area contributed by atoms with E-state index in [2.05, 4.69) is 44.2 Å². The third-order valence-corrected chi connectivity index (χ3v) is 8.87. The predicted octanol–water partition coefficient (Wildman–Crippen LogP) is 3.95. The molecule has 0 bridgehead atoms. The molecule has 0 atom stereocenters. The van der Waals surface area contributed by atoms with Crippen molar-refractivity contribution in [2.24, 2.45) is 5.92 Å². The van der Waals surface area contributed by atoms with E-state index in [0.29, 0.717) is 12.4 Å². The number of hydrogen-bond donors (Lipinski definition) is 1. The van der Waals surface area contributed by atoms with Crippen LogP contribution < -0.4 is 5.32 Å². The Hall–Kier alpha value is -1.20. The summed E-state index contributed by atoms with van der Waals surface area (Å²) in [4.78, 5) is 16.2. The minimum Gasteiger partial charge on any atom is -0.411 e.